The van der Waals surface area contributed by atoms with E-state index in [1.165, 1.54) is 37.3 Å². The quantitative estimate of drug-likeness (QED) is 0.0774. The lowest BCUT2D eigenvalue weighted by atomic mass is 9.84. The molecule has 324 valence electrons. The number of carbonyl (C=O) groups is 1. The summed E-state index contributed by atoms with van der Waals surface area (Å²) >= 11 is 5.72. The normalized spacial score (nSPS) is 32.7. The number of likely N-dealkylation sites (N-methyl/N-ethyl adjacent to an activating group) is 1. The predicted molar refractivity (Wildman–Crippen MR) is 223 cm³/mol. The van der Waals surface area contributed by atoms with Gasteiger partial charge in [0.2, 0.25) is 0 Å². The molecule has 13 atom stereocenters. The molecule has 7 rings (SSSR count). The van der Waals surface area contributed by atoms with Crippen molar-refractivity contribution < 1.29 is 53.7 Å². The van der Waals surface area contributed by atoms with Crippen LogP contribution in [0.4, 0.5) is 5.69 Å². The highest BCUT2D eigenvalue weighted by Gasteiger charge is 2.51. The summed E-state index contributed by atoms with van der Waals surface area (Å²) in [4.78, 5) is 25.0. The first kappa shape index (κ1) is 43.7. The van der Waals surface area contributed by atoms with Crippen molar-refractivity contribution in [3.63, 3.8) is 0 Å². The molecule has 3 aliphatic heterocycles. The molecule has 18 nitrogen and oxygen atoms in total. The summed E-state index contributed by atoms with van der Waals surface area (Å²) < 4.78 is 30.5. The van der Waals surface area contributed by atoms with E-state index in [1.54, 1.807) is 31.3 Å². The molecule has 0 aromatic heterocycles. The van der Waals surface area contributed by atoms with E-state index in [0.29, 0.717) is 40.6 Å². The molecule has 0 bridgehead atoms. The molecular weight excluding hydrogens is 801 g/mol. The van der Waals surface area contributed by atoms with E-state index in [0.717, 1.165) is 0 Å². The van der Waals surface area contributed by atoms with Crippen molar-refractivity contribution in [2.45, 2.75) is 112 Å². The van der Waals surface area contributed by atoms with E-state index in [-0.39, 0.29) is 52.3 Å². The third-order valence-corrected chi connectivity index (χ3v) is 11.8. The molecular formula is C41H52N6O12S. The van der Waals surface area contributed by atoms with Crippen LogP contribution in [0.25, 0.3) is 33.4 Å². The third kappa shape index (κ3) is 8.85. The van der Waals surface area contributed by atoms with Gasteiger partial charge in [0.15, 0.2) is 23.1 Å². The van der Waals surface area contributed by atoms with Gasteiger partial charge in [-0.05, 0) is 94.3 Å². The van der Waals surface area contributed by atoms with E-state index in [9.17, 15) is 35.1 Å². The Bertz CT molecular complexity index is 2240. The number of hydrogen-bond acceptors (Lipinski definition) is 16. The molecule has 5 aliphatic rings. The van der Waals surface area contributed by atoms with Gasteiger partial charge in [-0.3, -0.25) is 4.79 Å². The topological polar surface area (TPSA) is 300 Å². The molecule has 19 heteroatoms. The summed E-state index contributed by atoms with van der Waals surface area (Å²) in [5, 5.41) is 63.8. The standard InChI is InChI=1S/C41H52N6O12S/c1-17(42)28-11-10-27(38(57-28)58-34-25(43)15-26(44)35(32(34)50)59-39-33(51)36(45-3)41(2,54)16-55-39)47-40(60)46-18-4-7-21(24(12-18)37(52)53)31-22-8-5-19(48)13-29(22)56-30-14-20(49)6-9-23(30)31/h4-9,12-14,17,25-28,32-36,38-39,45,48,50-51,54H,10-11,15-16,42-44H2,1-3H3,(H,52,53)(H2,46,47,60)/t17-,25+,26-,27-,28+,32+,33-,34-,35+,36-,38-,39-,41+/m1/s1. The van der Waals surface area contributed by atoms with Gasteiger partial charge in [0.25, 0.3) is 0 Å². The SMILES string of the molecule is CN[C@@H]1[C@@H](O)[C@@H](O[C@@H]2[C@@H](O)[C@H](O[C@H]3O[C@H]([C@@H](C)N)CC[C@H]3NC(=S)Nc3ccc(-c4c5ccc(=O)cc-5oc5cc(O)ccc45)c(C(=O)O)c3)[C@@H](N)C[C@H]2N)OC[C@]1(C)O. The van der Waals surface area contributed by atoms with Gasteiger partial charge in [0.05, 0.1) is 30.4 Å². The number of benzene rings is 3. The summed E-state index contributed by atoms with van der Waals surface area (Å²) in [6.45, 7) is 3.18. The number of nitrogens with one attached hydrogen (secondary N) is 3. The van der Waals surface area contributed by atoms with Crippen LogP contribution < -0.4 is 38.6 Å². The Morgan fingerprint density at radius 1 is 0.983 bits per heavy atom. The number of thiocarbonyl (C=S) groups is 1. The molecule has 0 unspecified atom stereocenters. The molecule has 2 aromatic carbocycles. The Labute approximate surface area is 350 Å². The third-order valence-electron chi connectivity index (χ3n) is 11.5. The van der Waals surface area contributed by atoms with Crippen molar-refractivity contribution in [2.24, 2.45) is 17.2 Å². The number of aromatic carboxylic acids is 1. The minimum absolute atomic E-state index is 0.0663. The molecule has 2 saturated heterocycles. The molecule has 14 N–H and O–H groups in total. The number of ether oxygens (including phenoxy) is 4. The number of phenolic OH excluding ortho intramolecular Hbond substituents is 1. The van der Waals surface area contributed by atoms with Crippen molar-refractivity contribution in [3.05, 3.63) is 70.4 Å². The number of aliphatic hydroxyl groups is 3. The second kappa shape index (κ2) is 17.6. The van der Waals surface area contributed by atoms with Crippen molar-refractivity contribution in [1.82, 2.24) is 10.6 Å². The van der Waals surface area contributed by atoms with Gasteiger partial charge < -0.3 is 82.0 Å². The highest BCUT2D eigenvalue weighted by Crippen LogP contribution is 2.42. The molecule has 0 radical (unpaired) electrons. The van der Waals surface area contributed by atoms with Gasteiger partial charge >= 0.3 is 5.97 Å². The molecule has 1 saturated carbocycles. The first-order chi connectivity index (χ1) is 28.4. The lowest BCUT2D eigenvalue weighted by Gasteiger charge is -2.48. The van der Waals surface area contributed by atoms with Gasteiger partial charge in [-0.2, -0.15) is 0 Å². The zero-order valence-corrected chi connectivity index (χ0v) is 34.0. The highest BCUT2D eigenvalue weighted by atomic mass is 32.1. The van der Waals surface area contributed by atoms with Gasteiger partial charge in [-0.15, -0.1) is 0 Å². The minimum Gasteiger partial charge on any atom is -0.508 e. The number of carboxylic acid groups (broad SMARTS) is 1. The fraction of sp³-hybridized carbons (Fsp3) is 0.488. The van der Waals surface area contributed by atoms with Crippen molar-refractivity contribution in [2.75, 3.05) is 19.0 Å². The number of rotatable bonds is 10. The Morgan fingerprint density at radius 3 is 2.37 bits per heavy atom. The number of fused-ring (bicyclic) bond motifs is 2. The van der Waals surface area contributed by atoms with E-state index in [1.807, 2.05) is 6.92 Å². The van der Waals surface area contributed by atoms with Gasteiger partial charge in [0, 0.05) is 52.5 Å². The highest BCUT2D eigenvalue weighted by molar-refractivity contribution is 7.80. The Kier molecular flexibility index (Phi) is 12.8. The van der Waals surface area contributed by atoms with Gasteiger partial charge in [-0.1, -0.05) is 6.07 Å². The summed E-state index contributed by atoms with van der Waals surface area (Å²) in [5.41, 5.74) is 19.4. The van der Waals surface area contributed by atoms with Crippen LogP contribution >= 0.6 is 12.2 Å². The second-order valence-corrected chi connectivity index (χ2v) is 16.5. The van der Waals surface area contributed by atoms with Crippen LogP contribution in [0.15, 0.2) is 63.8 Å². The van der Waals surface area contributed by atoms with Crippen LogP contribution in [-0.2, 0) is 18.9 Å². The largest absolute Gasteiger partial charge is 0.508 e. The van der Waals surface area contributed by atoms with Crippen LogP contribution in [0.2, 0.25) is 0 Å². The maximum atomic E-state index is 12.8. The van der Waals surface area contributed by atoms with Crippen molar-refractivity contribution in [3.8, 4) is 28.2 Å². The molecule has 0 spiro atoms. The zero-order valence-electron chi connectivity index (χ0n) is 33.2. The number of phenols is 1. The number of aliphatic hydroxyl groups excluding tert-OH is 2. The summed E-state index contributed by atoms with van der Waals surface area (Å²) in [6, 6.07) is 10.2. The molecule has 60 heavy (non-hydrogen) atoms. The summed E-state index contributed by atoms with van der Waals surface area (Å²) in [7, 11) is 1.59. The molecule has 3 fully saturated rings. The summed E-state index contributed by atoms with van der Waals surface area (Å²) in [5.74, 6) is -1.07. The number of anilines is 1. The summed E-state index contributed by atoms with van der Waals surface area (Å²) in [6.07, 6.45) is -6.32. The Balaban J connectivity index is 1.10. The van der Waals surface area contributed by atoms with Gasteiger partial charge in [0.1, 0.15) is 47.1 Å². The number of carboxylic acids is 1. The lowest BCUT2D eigenvalue weighted by Crippen LogP contribution is -2.68. The van der Waals surface area contributed by atoms with Crippen molar-refractivity contribution in [1.29, 1.82) is 0 Å². The van der Waals surface area contributed by atoms with Crippen LogP contribution in [-0.4, -0.2) is 129 Å². The van der Waals surface area contributed by atoms with Crippen molar-refractivity contribution >= 4 is 40.0 Å². The first-order valence-electron chi connectivity index (χ1n) is 19.7. The monoisotopic (exact) mass is 852 g/mol. The maximum absolute atomic E-state index is 12.8. The van der Waals surface area contributed by atoms with Crippen LogP contribution in [0.3, 0.4) is 0 Å². The number of hydrogen-bond donors (Lipinski definition) is 11. The molecule has 2 aliphatic carbocycles. The fourth-order valence-corrected chi connectivity index (χ4v) is 8.75. The van der Waals surface area contributed by atoms with E-state index in [4.69, 9.17) is 52.8 Å². The maximum Gasteiger partial charge on any atom is 0.336 e. The molecule has 0 amide bonds. The Morgan fingerprint density at radius 2 is 1.68 bits per heavy atom. The van der Waals surface area contributed by atoms with E-state index < -0.39 is 78.8 Å². The fourth-order valence-electron chi connectivity index (χ4n) is 8.49. The van der Waals surface area contributed by atoms with E-state index >= 15 is 0 Å². The molecule has 3 heterocycles. The zero-order chi connectivity index (χ0) is 43.2. The van der Waals surface area contributed by atoms with E-state index in [2.05, 4.69) is 16.0 Å². The average molecular weight is 853 g/mol. The van der Waals surface area contributed by atoms with Crippen LogP contribution in [0.1, 0.15) is 43.5 Å². The van der Waals surface area contributed by atoms with Crippen LogP contribution in [0.5, 0.6) is 5.75 Å². The molecule has 2 aromatic rings. The predicted octanol–water partition coefficient (Wildman–Crippen LogP) is 0.722. The number of aromatic hydroxyl groups is 1. The Hall–Kier alpha value is -4.35. The smallest absolute Gasteiger partial charge is 0.336 e. The minimum atomic E-state index is -1.39. The second-order valence-electron chi connectivity index (χ2n) is 16.1. The lowest BCUT2D eigenvalue weighted by molar-refractivity contribution is -0.307. The number of nitrogens with two attached hydrogens (primary N) is 3. The average Bonchev–Trinajstić information content (AvgIpc) is 3.18. The van der Waals surface area contributed by atoms with Gasteiger partial charge in [-0.25, -0.2) is 4.79 Å². The van der Waals surface area contributed by atoms with Crippen LogP contribution in [0, 0.1) is 0 Å². The first-order valence-corrected chi connectivity index (χ1v) is 20.1.